The first kappa shape index (κ1) is 32.0. The predicted molar refractivity (Wildman–Crippen MR) is 140 cm³/mol. The molecular formula is C25H39ClFNO7Si. The molecule has 0 bridgehead atoms. The number of carboxylic acids is 1. The van der Waals surface area contributed by atoms with E-state index in [0.29, 0.717) is 63.7 Å². The van der Waals surface area contributed by atoms with Gasteiger partial charge in [0.25, 0.3) is 0 Å². The summed E-state index contributed by atoms with van der Waals surface area (Å²) < 4.78 is 36.1. The van der Waals surface area contributed by atoms with Gasteiger partial charge in [-0.15, -0.1) is 0 Å². The molecule has 0 aromatic heterocycles. The first-order valence-corrected chi connectivity index (χ1v) is 14.8. The van der Waals surface area contributed by atoms with E-state index >= 15 is 0 Å². The second-order valence-corrected chi connectivity index (χ2v) is 11.1. The summed E-state index contributed by atoms with van der Waals surface area (Å²) in [5.41, 5.74) is 0.660. The molecule has 0 aliphatic heterocycles. The summed E-state index contributed by atoms with van der Waals surface area (Å²) in [5.74, 6) is -1.62. The topological polar surface area (TPSA) is 103 Å². The van der Waals surface area contributed by atoms with Crippen LogP contribution in [0.4, 0.5) is 9.18 Å². The minimum Gasteiger partial charge on any atom is -0.478 e. The van der Waals surface area contributed by atoms with Gasteiger partial charge >= 0.3 is 20.9 Å². The van der Waals surface area contributed by atoms with E-state index in [9.17, 15) is 19.1 Å². The monoisotopic (exact) mass is 547 g/mol. The zero-order valence-corrected chi connectivity index (χ0v) is 23.2. The number of unbranched alkanes of at least 4 members (excludes halogenated alkanes) is 3. The van der Waals surface area contributed by atoms with Gasteiger partial charge < -0.3 is 28.4 Å². The van der Waals surface area contributed by atoms with E-state index in [1.807, 2.05) is 20.8 Å². The number of carboxylic acid groups (broad SMARTS) is 1. The van der Waals surface area contributed by atoms with Crippen molar-refractivity contribution in [1.82, 2.24) is 5.32 Å². The summed E-state index contributed by atoms with van der Waals surface area (Å²) in [4.78, 5) is 23.4. The van der Waals surface area contributed by atoms with Crippen molar-refractivity contribution < 1.29 is 37.1 Å². The van der Waals surface area contributed by atoms with Gasteiger partial charge in [0.2, 0.25) is 0 Å². The first-order valence-electron chi connectivity index (χ1n) is 12.5. The molecule has 0 heterocycles. The Hall–Kier alpha value is -1.98. The van der Waals surface area contributed by atoms with Crippen LogP contribution in [0.25, 0.3) is 6.08 Å². The van der Waals surface area contributed by atoms with Gasteiger partial charge in [0.15, 0.2) is 0 Å². The number of benzene rings is 1. The molecule has 0 aliphatic rings. The summed E-state index contributed by atoms with van der Waals surface area (Å²) >= 11 is 5.66. The number of amides is 1. The average Bonchev–Trinajstić information content (AvgIpc) is 2.83. The van der Waals surface area contributed by atoms with E-state index in [2.05, 4.69) is 5.32 Å². The molecule has 2 N–H and O–H groups in total. The van der Waals surface area contributed by atoms with E-state index in [1.165, 1.54) is 18.2 Å². The smallest absolute Gasteiger partial charge is 0.478 e. The number of halogens is 2. The lowest BCUT2D eigenvalue weighted by atomic mass is 10.0. The van der Waals surface area contributed by atoms with Crippen molar-refractivity contribution in [1.29, 1.82) is 0 Å². The van der Waals surface area contributed by atoms with Gasteiger partial charge in [-0.3, -0.25) is 0 Å². The van der Waals surface area contributed by atoms with Gasteiger partial charge in [-0.2, -0.15) is 0 Å². The number of alkyl carbamates (subject to hydrolysis) is 1. The molecule has 0 saturated heterocycles. The largest absolute Gasteiger partial charge is 0.500 e. The van der Waals surface area contributed by atoms with Gasteiger partial charge in [-0.25, -0.2) is 14.0 Å². The lowest BCUT2D eigenvalue weighted by Gasteiger charge is -2.28. The van der Waals surface area contributed by atoms with Crippen LogP contribution in [0.2, 0.25) is 11.1 Å². The summed E-state index contributed by atoms with van der Waals surface area (Å²) in [6.45, 7) is 7.96. The van der Waals surface area contributed by atoms with E-state index in [-0.39, 0.29) is 17.2 Å². The molecular weight excluding hydrogens is 509 g/mol. The summed E-state index contributed by atoms with van der Waals surface area (Å²) in [6, 6.07) is 4.80. The quantitative estimate of drug-likeness (QED) is 0.123. The van der Waals surface area contributed by atoms with Crippen LogP contribution in [0.15, 0.2) is 23.8 Å². The molecule has 204 valence electrons. The lowest BCUT2D eigenvalue weighted by molar-refractivity contribution is -0.132. The van der Waals surface area contributed by atoms with Crippen molar-refractivity contribution in [2.24, 2.45) is 0 Å². The van der Waals surface area contributed by atoms with Crippen LogP contribution in [0.3, 0.4) is 0 Å². The standard InChI is InChI=1S/C25H39ClFNO7Si/c1-4-33-36(34-5-2,35-6-3)17-11-15-28-25(31)32-16-10-8-7-9-12-21(24(29)30)18-20-13-14-22(26)23(27)19-20/h13-14,18-19H,4-12,15-17H2,1-3H3,(H,28,31)(H,29,30)/b21-18+. The van der Waals surface area contributed by atoms with Crippen LogP contribution >= 0.6 is 11.6 Å². The van der Waals surface area contributed by atoms with E-state index in [0.717, 1.165) is 12.8 Å². The summed E-state index contributed by atoms with van der Waals surface area (Å²) in [5, 5.41) is 12.1. The predicted octanol–water partition coefficient (Wildman–Crippen LogP) is 6.06. The lowest BCUT2D eigenvalue weighted by Crippen LogP contribution is -2.46. The number of nitrogens with one attached hydrogen (secondary N) is 1. The van der Waals surface area contributed by atoms with Crippen molar-refractivity contribution in [2.75, 3.05) is 33.0 Å². The Morgan fingerprint density at radius 3 is 2.25 bits per heavy atom. The fraction of sp³-hybridized carbons (Fsp3) is 0.600. The minimum atomic E-state index is -2.71. The van der Waals surface area contributed by atoms with Gasteiger partial charge in [0.05, 0.1) is 11.6 Å². The molecule has 0 atom stereocenters. The second-order valence-electron chi connectivity index (χ2n) is 7.96. The maximum Gasteiger partial charge on any atom is 0.500 e. The number of carbonyl (C=O) groups excluding carboxylic acids is 1. The highest BCUT2D eigenvalue weighted by molar-refractivity contribution is 6.60. The van der Waals surface area contributed by atoms with E-state index in [1.54, 1.807) is 6.07 Å². The van der Waals surface area contributed by atoms with Gasteiger partial charge in [-0.05, 0) is 70.2 Å². The zero-order valence-electron chi connectivity index (χ0n) is 21.4. The highest BCUT2D eigenvalue weighted by atomic mass is 35.5. The molecule has 11 heteroatoms. The number of carbonyl (C=O) groups is 2. The number of rotatable bonds is 19. The Balaban J connectivity index is 2.24. The normalized spacial score (nSPS) is 12.0. The molecule has 0 aliphatic carbocycles. The summed E-state index contributed by atoms with van der Waals surface area (Å²) in [6.07, 6.45) is 4.91. The van der Waals surface area contributed by atoms with Crippen LogP contribution in [-0.4, -0.2) is 58.9 Å². The van der Waals surface area contributed by atoms with Crippen LogP contribution in [-0.2, 0) is 22.8 Å². The molecule has 0 unspecified atom stereocenters. The Bertz CT molecular complexity index is 824. The third-order valence-electron chi connectivity index (χ3n) is 5.15. The van der Waals surface area contributed by atoms with Gasteiger partial charge in [0.1, 0.15) is 5.82 Å². The fourth-order valence-corrected chi connectivity index (χ4v) is 6.26. The average molecular weight is 548 g/mol. The Morgan fingerprint density at radius 2 is 1.67 bits per heavy atom. The maximum atomic E-state index is 13.6. The molecule has 0 radical (unpaired) electrons. The fourth-order valence-electron chi connectivity index (χ4n) is 3.53. The van der Waals surface area contributed by atoms with Crippen molar-refractivity contribution >= 4 is 38.5 Å². The number of aliphatic carboxylic acids is 1. The SMILES string of the molecule is CCO[Si](CCCNC(=O)OCCCCCC/C(=C\c1ccc(Cl)c(F)c1)C(=O)O)(OCC)OCC. The number of hydrogen-bond donors (Lipinski definition) is 2. The molecule has 1 rings (SSSR count). The van der Waals surface area contributed by atoms with Crippen molar-refractivity contribution in [3.05, 3.63) is 40.2 Å². The molecule has 8 nitrogen and oxygen atoms in total. The van der Waals surface area contributed by atoms with Crippen LogP contribution in [0.5, 0.6) is 0 Å². The molecule has 1 aromatic carbocycles. The van der Waals surface area contributed by atoms with Crippen molar-refractivity contribution in [3.8, 4) is 0 Å². The first-order chi connectivity index (χ1) is 17.3. The third kappa shape index (κ3) is 12.8. The van der Waals surface area contributed by atoms with Crippen LogP contribution in [0, 0.1) is 5.82 Å². The second kappa shape index (κ2) is 18.3. The number of ether oxygens (including phenoxy) is 1. The van der Waals surface area contributed by atoms with Crippen LogP contribution in [0.1, 0.15) is 64.9 Å². The Kier molecular flexibility index (Phi) is 16.3. The van der Waals surface area contributed by atoms with E-state index < -0.39 is 26.7 Å². The van der Waals surface area contributed by atoms with Gasteiger partial charge in [0, 0.05) is 38.0 Å². The third-order valence-corrected chi connectivity index (χ3v) is 8.61. The van der Waals surface area contributed by atoms with Crippen molar-refractivity contribution in [3.63, 3.8) is 0 Å². The minimum absolute atomic E-state index is 0.00617. The molecule has 1 aromatic rings. The molecule has 0 spiro atoms. The number of hydrogen-bond acceptors (Lipinski definition) is 6. The zero-order chi connectivity index (χ0) is 26.8. The van der Waals surface area contributed by atoms with Crippen LogP contribution < -0.4 is 5.32 Å². The van der Waals surface area contributed by atoms with Gasteiger partial charge in [-0.1, -0.05) is 30.5 Å². The highest BCUT2D eigenvalue weighted by Gasteiger charge is 2.39. The van der Waals surface area contributed by atoms with E-state index in [4.69, 9.17) is 29.6 Å². The summed E-state index contributed by atoms with van der Waals surface area (Å²) in [7, 11) is -2.71. The Morgan fingerprint density at radius 1 is 1.03 bits per heavy atom. The molecule has 1 amide bonds. The highest BCUT2D eigenvalue weighted by Crippen LogP contribution is 2.20. The Labute approximate surface area is 219 Å². The van der Waals surface area contributed by atoms with Crippen molar-refractivity contribution in [2.45, 2.75) is 65.3 Å². The molecule has 0 fully saturated rings. The maximum absolute atomic E-state index is 13.6. The molecule has 0 saturated carbocycles. The molecule has 36 heavy (non-hydrogen) atoms.